The minimum Gasteiger partial charge on any atom is -0.493 e. The van der Waals surface area contributed by atoms with E-state index in [9.17, 15) is 9.90 Å². The van der Waals surface area contributed by atoms with Gasteiger partial charge in [-0.3, -0.25) is 4.79 Å². The highest BCUT2D eigenvalue weighted by Gasteiger charge is 2.25. The van der Waals surface area contributed by atoms with Gasteiger partial charge in [0.2, 0.25) is 0 Å². The summed E-state index contributed by atoms with van der Waals surface area (Å²) in [5, 5.41) is 18.7. The lowest BCUT2D eigenvalue weighted by Gasteiger charge is -2.21. The third-order valence-corrected chi connectivity index (χ3v) is 2.56. The predicted molar refractivity (Wildman–Crippen MR) is 66.1 cm³/mol. The van der Waals surface area contributed by atoms with Gasteiger partial charge >= 0.3 is 5.97 Å². The molecule has 0 aliphatic heterocycles. The molecule has 0 spiro atoms. The Bertz CT molecular complexity index is 425. The Kier molecular flexibility index (Phi) is 4.55. The van der Waals surface area contributed by atoms with Crippen molar-refractivity contribution in [3.05, 3.63) is 23.8 Å². The fourth-order valence-corrected chi connectivity index (χ4v) is 1.82. The molecule has 5 nitrogen and oxygen atoms in total. The molecule has 0 aliphatic carbocycles. The number of ether oxygens (including phenoxy) is 2. The van der Waals surface area contributed by atoms with E-state index in [1.54, 1.807) is 18.2 Å². The SMILES string of the molecule is COc1ccc(CC(C)(O)CC(=O)O)cc1OC. The standard InChI is InChI=1S/C13H18O5/c1-13(16,8-12(14)15)7-9-4-5-10(17-2)11(6-9)18-3/h4-6,16H,7-8H2,1-3H3,(H,14,15). The molecule has 0 aliphatic rings. The molecule has 0 radical (unpaired) electrons. The number of rotatable bonds is 6. The van der Waals surface area contributed by atoms with Crippen molar-refractivity contribution in [1.29, 1.82) is 0 Å². The van der Waals surface area contributed by atoms with Gasteiger partial charge in [-0.15, -0.1) is 0 Å². The number of benzene rings is 1. The Hall–Kier alpha value is -1.75. The monoisotopic (exact) mass is 254 g/mol. The second-order valence-electron chi connectivity index (χ2n) is 4.43. The molecule has 2 N–H and O–H groups in total. The summed E-state index contributed by atoms with van der Waals surface area (Å²) in [5.74, 6) is 0.126. The van der Waals surface area contributed by atoms with E-state index in [4.69, 9.17) is 14.6 Å². The van der Waals surface area contributed by atoms with Crippen LogP contribution < -0.4 is 9.47 Å². The summed E-state index contributed by atoms with van der Waals surface area (Å²) in [6.45, 7) is 1.50. The van der Waals surface area contributed by atoms with E-state index in [0.29, 0.717) is 11.5 Å². The number of carbonyl (C=O) groups is 1. The lowest BCUT2D eigenvalue weighted by molar-refractivity contribution is -0.141. The molecule has 1 rings (SSSR count). The highest BCUT2D eigenvalue weighted by atomic mass is 16.5. The summed E-state index contributed by atoms with van der Waals surface area (Å²) in [4.78, 5) is 10.6. The van der Waals surface area contributed by atoms with E-state index in [2.05, 4.69) is 0 Å². The van der Waals surface area contributed by atoms with Gasteiger partial charge in [-0.2, -0.15) is 0 Å². The van der Waals surface area contributed by atoms with E-state index >= 15 is 0 Å². The van der Waals surface area contributed by atoms with Crippen LogP contribution in [0.25, 0.3) is 0 Å². The van der Waals surface area contributed by atoms with E-state index in [0.717, 1.165) is 5.56 Å². The molecule has 100 valence electrons. The highest BCUT2D eigenvalue weighted by molar-refractivity contribution is 5.68. The van der Waals surface area contributed by atoms with Gasteiger partial charge in [0, 0.05) is 6.42 Å². The van der Waals surface area contributed by atoms with Crippen LogP contribution in [0.1, 0.15) is 18.9 Å². The smallest absolute Gasteiger partial charge is 0.306 e. The third kappa shape index (κ3) is 3.92. The first-order valence-corrected chi connectivity index (χ1v) is 5.53. The number of carboxylic acid groups (broad SMARTS) is 1. The van der Waals surface area contributed by atoms with Gasteiger partial charge in [0.05, 0.1) is 26.2 Å². The number of hydrogen-bond acceptors (Lipinski definition) is 4. The summed E-state index contributed by atoms with van der Waals surface area (Å²) in [5.41, 5.74) is -0.496. The molecule has 0 saturated heterocycles. The Morgan fingerprint density at radius 2 is 1.89 bits per heavy atom. The zero-order valence-corrected chi connectivity index (χ0v) is 10.8. The average molecular weight is 254 g/mol. The van der Waals surface area contributed by atoms with Gasteiger partial charge in [0.15, 0.2) is 11.5 Å². The molecular weight excluding hydrogens is 236 g/mol. The lowest BCUT2D eigenvalue weighted by Crippen LogP contribution is -2.30. The summed E-state index contributed by atoms with van der Waals surface area (Å²) in [6, 6.07) is 5.23. The second kappa shape index (κ2) is 5.73. The Morgan fingerprint density at radius 3 is 2.39 bits per heavy atom. The maximum Gasteiger partial charge on any atom is 0.306 e. The number of hydrogen-bond donors (Lipinski definition) is 2. The molecule has 0 aromatic heterocycles. The molecule has 1 aromatic rings. The minimum absolute atomic E-state index is 0.236. The van der Waals surface area contributed by atoms with E-state index in [-0.39, 0.29) is 12.8 Å². The quantitative estimate of drug-likeness (QED) is 0.804. The largest absolute Gasteiger partial charge is 0.493 e. The van der Waals surface area contributed by atoms with Crippen molar-refractivity contribution in [3.63, 3.8) is 0 Å². The number of methoxy groups -OCH3 is 2. The van der Waals surface area contributed by atoms with Crippen LogP contribution in [0.4, 0.5) is 0 Å². The first kappa shape index (κ1) is 14.3. The molecule has 0 amide bonds. The first-order valence-electron chi connectivity index (χ1n) is 5.53. The fourth-order valence-electron chi connectivity index (χ4n) is 1.82. The van der Waals surface area contributed by atoms with Crippen LogP contribution in [0.15, 0.2) is 18.2 Å². The van der Waals surface area contributed by atoms with Gasteiger partial charge in [0.25, 0.3) is 0 Å². The zero-order valence-electron chi connectivity index (χ0n) is 10.8. The molecule has 5 heteroatoms. The molecule has 0 saturated carbocycles. The Labute approximate surface area is 106 Å². The molecule has 1 atom stereocenters. The van der Waals surface area contributed by atoms with Crippen molar-refractivity contribution in [2.24, 2.45) is 0 Å². The molecule has 1 unspecified atom stereocenters. The second-order valence-corrected chi connectivity index (χ2v) is 4.43. The van der Waals surface area contributed by atoms with Crippen LogP contribution in [0.5, 0.6) is 11.5 Å². The van der Waals surface area contributed by atoms with Crippen molar-refractivity contribution in [1.82, 2.24) is 0 Å². The van der Waals surface area contributed by atoms with Crippen molar-refractivity contribution in [2.45, 2.75) is 25.4 Å². The molecule has 0 bridgehead atoms. The van der Waals surface area contributed by atoms with Crippen LogP contribution in [0.2, 0.25) is 0 Å². The van der Waals surface area contributed by atoms with E-state index < -0.39 is 11.6 Å². The summed E-state index contributed by atoms with van der Waals surface area (Å²) >= 11 is 0. The number of aliphatic hydroxyl groups is 1. The molecule has 1 aromatic carbocycles. The Morgan fingerprint density at radius 1 is 1.28 bits per heavy atom. The van der Waals surface area contributed by atoms with Crippen LogP contribution in [0.3, 0.4) is 0 Å². The van der Waals surface area contributed by atoms with Crippen LogP contribution in [-0.2, 0) is 11.2 Å². The third-order valence-electron chi connectivity index (χ3n) is 2.56. The minimum atomic E-state index is -1.29. The van der Waals surface area contributed by atoms with E-state index in [1.807, 2.05) is 0 Å². The van der Waals surface area contributed by atoms with Crippen LogP contribution in [-0.4, -0.2) is 36.0 Å². The van der Waals surface area contributed by atoms with Crippen LogP contribution >= 0.6 is 0 Å². The summed E-state index contributed by atoms with van der Waals surface area (Å²) in [6.07, 6.45) is -0.0685. The van der Waals surface area contributed by atoms with Gasteiger partial charge in [0.1, 0.15) is 0 Å². The molecular formula is C13H18O5. The van der Waals surface area contributed by atoms with Gasteiger partial charge in [-0.25, -0.2) is 0 Å². The maximum atomic E-state index is 10.6. The lowest BCUT2D eigenvalue weighted by atomic mass is 9.93. The Balaban J connectivity index is 2.88. The normalized spacial score (nSPS) is 13.8. The predicted octanol–water partition coefficient (Wildman–Crippen LogP) is 1.47. The van der Waals surface area contributed by atoms with Gasteiger partial charge in [-0.05, 0) is 24.6 Å². The first-order chi connectivity index (χ1) is 8.38. The van der Waals surface area contributed by atoms with Crippen molar-refractivity contribution in [2.75, 3.05) is 14.2 Å². The van der Waals surface area contributed by atoms with Crippen molar-refractivity contribution in [3.8, 4) is 11.5 Å². The topological polar surface area (TPSA) is 76.0 Å². The average Bonchev–Trinajstić information content (AvgIpc) is 2.26. The summed E-state index contributed by atoms with van der Waals surface area (Å²) < 4.78 is 10.3. The van der Waals surface area contributed by atoms with Gasteiger partial charge in [-0.1, -0.05) is 6.07 Å². The van der Waals surface area contributed by atoms with Crippen molar-refractivity contribution < 1.29 is 24.5 Å². The number of carboxylic acids is 1. The summed E-state index contributed by atoms with van der Waals surface area (Å²) in [7, 11) is 3.06. The highest BCUT2D eigenvalue weighted by Crippen LogP contribution is 2.29. The zero-order chi connectivity index (χ0) is 13.8. The molecule has 0 heterocycles. The molecule has 18 heavy (non-hydrogen) atoms. The maximum absolute atomic E-state index is 10.6. The number of aliphatic carboxylic acids is 1. The molecule has 0 fully saturated rings. The van der Waals surface area contributed by atoms with Crippen LogP contribution in [0, 0.1) is 0 Å². The fraction of sp³-hybridized carbons (Fsp3) is 0.462. The van der Waals surface area contributed by atoms with E-state index in [1.165, 1.54) is 21.1 Å². The van der Waals surface area contributed by atoms with Gasteiger partial charge < -0.3 is 19.7 Å². The van der Waals surface area contributed by atoms with Crippen molar-refractivity contribution >= 4 is 5.97 Å².